The monoisotopic (exact) mass is 321 g/mol. The molecule has 1 aromatic carbocycles. The summed E-state index contributed by atoms with van der Waals surface area (Å²) in [6.45, 7) is 3.48. The number of hydrogen-bond donors (Lipinski definition) is 1. The molecule has 0 heterocycles. The molecule has 0 saturated carbocycles. The van der Waals surface area contributed by atoms with Crippen LogP contribution in [0.2, 0.25) is 5.02 Å². The van der Waals surface area contributed by atoms with E-state index in [1.54, 1.807) is 18.2 Å². The van der Waals surface area contributed by atoms with Gasteiger partial charge in [-0.1, -0.05) is 17.7 Å². The van der Waals surface area contributed by atoms with Gasteiger partial charge in [-0.25, -0.2) is 0 Å². The highest BCUT2D eigenvalue weighted by Gasteiger charge is 2.03. The number of anilines is 1. The topological polar surface area (TPSA) is 29.1 Å². The van der Waals surface area contributed by atoms with E-state index in [1.165, 1.54) is 0 Å². The van der Waals surface area contributed by atoms with E-state index < -0.39 is 0 Å². The minimum absolute atomic E-state index is 0.108. The summed E-state index contributed by atoms with van der Waals surface area (Å²) in [4.78, 5) is 11.2. The van der Waals surface area contributed by atoms with Gasteiger partial charge in [0, 0.05) is 9.99 Å². The van der Waals surface area contributed by atoms with Gasteiger partial charge in [-0.3, -0.25) is 4.79 Å². The first kappa shape index (κ1) is 11.5. The Bertz CT molecular complexity index is 365. The van der Waals surface area contributed by atoms with Crippen LogP contribution in [-0.2, 0) is 4.79 Å². The van der Waals surface area contributed by atoms with Crippen molar-refractivity contribution in [1.29, 1.82) is 0 Å². The van der Waals surface area contributed by atoms with Gasteiger partial charge in [0.2, 0.25) is 5.91 Å². The number of carbonyl (C=O) groups excluding carboxylic acids is 1. The Hall–Kier alpha value is -0.550. The third-order valence-corrected chi connectivity index (χ3v) is 2.52. The molecule has 0 aliphatic heterocycles. The molecule has 74 valence electrons. The van der Waals surface area contributed by atoms with Gasteiger partial charge in [-0.2, -0.15) is 0 Å². The van der Waals surface area contributed by atoms with Crippen LogP contribution in [0.3, 0.4) is 0 Å². The molecule has 1 N–H and O–H groups in total. The van der Waals surface area contributed by atoms with Crippen LogP contribution in [0.4, 0.5) is 5.69 Å². The van der Waals surface area contributed by atoms with E-state index in [0.29, 0.717) is 17.1 Å². The molecular formula is C10H9ClINO. The SMILES string of the molecule is C=CCC(=O)Nc1ccc(I)cc1Cl. The first-order valence-corrected chi connectivity index (χ1v) is 5.45. The highest BCUT2D eigenvalue weighted by Crippen LogP contribution is 2.23. The average Bonchev–Trinajstić information content (AvgIpc) is 2.10. The molecule has 0 aliphatic carbocycles. The zero-order chi connectivity index (χ0) is 10.6. The zero-order valence-corrected chi connectivity index (χ0v) is 10.3. The Kier molecular flexibility index (Phi) is 4.41. The number of nitrogens with one attached hydrogen (secondary N) is 1. The second kappa shape index (κ2) is 5.36. The molecule has 14 heavy (non-hydrogen) atoms. The summed E-state index contributed by atoms with van der Waals surface area (Å²) in [5, 5.41) is 3.24. The molecule has 1 amide bonds. The second-order valence-corrected chi connectivity index (χ2v) is 4.32. The molecule has 0 saturated heterocycles. The summed E-state index contributed by atoms with van der Waals surface area (Å²) in [6.07, 6.45) is 1.85. The molecule has 0 spiro atoms. The maximum absolute atomic E-state index is 11.2. The van der Waals surface area contributed by atoms with E-state index in [0.717, 1.165) is 3.57 Å². The second-order valence-electron chi connectivity index (χ2n) is 2.67. The predicted octanol–water partition coefficient (Wildman–Crippen LogP) is 3.46. The highest BCUT2D eigenvalue weighted by molar-refractivity contribution is 14.1. The lowest BCUT2D eigenvalue weighted by atomic mass is 10.3. The quantitative estimate of drug-likeness (QED) is 0.670. The van der Waals surface area contributed by atoms with E-state index >= 15 is 0 Å². The van der Waals surface area contributed by atoms with Crippen molar-refractivity contribution >= 4 is 45.8 Å². The molecule has 0 bridgehead atoms. The zero-order valence-electron chi connectivity index (χ0n) is 7.39. The van der Waals surface area contributed by atoms with E-state index in [2.05, 4.69) is 34.5 Å². The Morgan fingerprint density at radius 2 is 2.36 bits per heavy atom. The summed E-state index contributed by atoms with van der Waals surface area (Å²) < 4.78 is 1.04. The van der Waals surface area contributed by atoms with E-state index in [-0.39, 0.29) is 5.91 Å². The molecule has 1 aromatic rings. The van der Waals surface area contributed by atoms with Crippen molar-refractivity contribution in [3.8, 4) is 0 Å². The number of halogens is 2. The number of benzene rings is 1. The smallest absolute Gasteiger partial charge is 0.228 e. The van der Waals surface area contributed by atoms with Crippen LogP contribution in [0.25, 0.3) is 0 Å². The van der Waals surface area contributed by atoms with Gasteiger partial charge in [0.05, 0.1) is 10.7 Å². The molecule has 0 fully saturated rings. The van der Waals surface area contributed by atoms with E-state index in [1.807, 2.05) is 6.07 Å². The molecule has 1 rings (SSSR count). The van der Waals surface area contributed by atoms with Crippen molar-refractivity contribution in [3.05, 3.63) is 39.4 Å². The molecule has 0 radical (unpaired) electrons. The number of carbonyl (C=O) groups is 1. The molecule has 0 unspecified atom stereocenters. The van der Waals surface area contributed by atoms with Crippen molar-refractivity contribution < 1.29 is 4.79 Å². The van der Waals surface area contributed by atoms with Crippen LogP contribution in [-0.4, -0.2) is 5.91 Å². The minimum Gasteiger partial charge on any atom is -0.324 e. The van der Waals surface area contributed by atoms with Gasteiger partial charge in [-0.05, 0) is 40.8 Å². The summed E-state index contributed by atoms with van der Waals surface area (Å²) in [6, 6.07) is 5.46. The Morgan fingerprint density at radius 1 is 1.64 bits per heavy atom. The van der Waals surface area contributed by atoms with Crippen LogP contribution in [0.5, 0.6) is 0 Å². The Balaban J connectivity index is 2.76. The van der Waals surface area contributed by atoms with Gasteiger partial charge in [0.1, 0.15) is 0 Å². The van der Waals surface area contributed by atoms with Crippen molar-refractivity contribution in [2.75, 3.05) is 5.32 Å². The van der Waals surface area contributed by atoms with Gasteiger partial charge < -0.3 is 5.32 Å². The minimum atomic E-state index is -0.108. The third-order valence-electron chi connectivity index (χ3n) is 1.53. The normalized spacial score (nSPS) is 9.57. The first-order chi connectivity index (χ1) is 6.63. The molecule has 0 atom stereocenters. The molecule has 2 nitrogen and oxygen atoms in total. The first-order valence-electron chi connectivity index (χ1n) is 3.99. The maximum Gasteiger partial charge on any atom is 0.228 e. The molecular weight excluding hydrogens is 312 g/mol. The number of amides is 1. The summed E-state index contributed by atoms with van der Waals surface area (Å²) >= 11 is 8.09. The number of hydrogen-bond acceptors (Lipinski definition) is 1. The van der Waals surface area contributed by atoms with Crippen molar-refractivity contribution in [1.82, 2.24) is 0 Å². The van der Waals surface area contributed by atoms with Gasteiger partial charge in [-0.15, -0.1) is 6.58 Å². The summed E-state index contributed by atoms with van der Waals surface area (Å²) in [5.74, 6) is -0.108. The third kappa shape index (κ3) is 3.31. The van der Waals surface area contributed by atoms with Crippen LogP contribution in [0, 0.1) is 3.57 Å². The predicted molar refractivity (Wildman–Crippen MR) is 67.6 cm³/mol. The summed E-state index contributed by atoms with van der Waals surface area (Å²) in [5.41, 5.74) is 0.638. The van der Waals surface area contributed by atoms with Crippen LogP contribution >= 0.6 is 34.2 Å². The average molecular weight is 322 g/mol. The Labute approximate surface area is 101 Å². The number of rotatable bonds is 3. The largest absolute Gasteiger partial charge is 0.324 e. The van der Waals surface area contributed by atoms with Gasteiger partial charge >= 0.3 is 0 Å². The van der Waals surface area contributed by atoms with Gasteiger partial charge in [0.15, 0.2) is 0 Å². The molecule has 0 aromatic heterocycles. The van der Waals surface area contributed by atoms with Crippen LogP contribution in [0.15, 0.2) is 30.9 Å². The lowest BCUT2D eigenvalue weighted by Gasteiger charge is -2.05. The lowest BCUT2D eigenvalue weighted by molar-refractivity contribution is -0.115. The highest BCUT2D eigenvalue weighted by atomic mass is 127. The fourth-order valence-corrected chi connectivity index (χ4v) is 1.83. The maximum atomic E-state index is 11.2. The van der Waals surface area contributed by atoms with E-state index in [9.17, 15) is 4.79 Å². The Morgan fingerprint density at radius 3 is 2.93 bits per heavy atom. The fraction of sp³-hybridized carbons (Fsp3) is 0.100. The van der Waals surface area contributed by atoms with Crippen molar-refractivity contribution in [2.24, 2.45) is 0 Å². The van der Waals surface area contributed by atoms with Crippen LogP contribution in [0.1, 0.15) is 6.42 Å². The van der Waals surface area contributed by atoms with Crippen LogP contribution < -0.4 is 5.32 Å². The molecule has 4 heteroatoms. The lowest BCUT2D eigenvalue weighted by Crippen LogP contribution is -2.10. The van der Waals surface area contributed by atoms with Gasteiger partial charge in [0.25, 0.3) is 0 Å². The summed E-state index contributed by atoms with van der Waals surface area (Å²) in [7, 11) is 0. The molecule has 0 aliphatic rings. The van der Waals surface area contributed by atoms with Crippen molar-refractivity contribution in [2.45, 2.75) is 6.42 Å². The van der Waals surface area contributed by atoms with Crippen molar-refractivity contribution in [3.63, 3.8) is 0 Å². The van der Waals surface area contributed by atoms with E-state index in [4.69, 9.17) is 11.6 Å². The standard InChI is InChI=1S/C10H9ClINO/c1-2-3-10(14)13-9-5-4-7(12)6-8(9)11/h2,4-6H,1,3H2,(H,13,14). The fourth-order valence-electron chi connectivity index (χ4n) is 0.923.